The molecule has 7 heteroatoms. The lowest BCUT2D eigenvalue weighted by atomic mass is 9.98. The minimum atomic E-state index is -1.15. The smallest absolute Gasteiger partial charge is 0.410 e. The van der Waals surface area contributed by atoms with Crippen LogP contribution in [-0.2, 0) is 16.0 Å². The zero-order chi connectivity index (χ0) is 22.0. The Morgan fingerprint density at radius 2 is 1.65 bits per heavy atom. The van der Waals surface area contributed by atoms with Gasteiger partial charge in [0.05, 0.1) is 0 Å². The van der Waals surface area contributed by atoms with Crippen LogP contribution in [-0.4, -0.2) is 46.7 Å². The molecule has 4 rings (SSSR count). The predicted octanol–water partition coefficient (Wildman–Crippen LogP) is 3.25. The van der Waals surface area contributed by atoms with E-state index in [0.29, 0.717) is 5.56 Å². The summed E-state index contributed by atoms with van der Waals surface area (Å²) in [5, 5.41) is 9.63. The Bertz CT molecular complexity index is 1120. The van der Waals surface area contributed by atoms with Gasteiger partial charge in [0.25, 0.3) is 0 Å². The van der Waals surface area contributed by atoms with Gasteiger partial charge in [0.2, 0.25) is 5.56 Å². The highest BCUT2D eigenvalue weighted by molar-refractivity contribution is 5.81. The number of hydrogen-bond donors (Lipinski definition) is 2. The highest BCUT2D eigenvalue weighted by Gasteiger charge is 2.32. The molecule has 1 aromatic heterocycles. The van der Waals surface area contributed by atoms with Gasteiger partial charge in [0.15, 0.2) is 0 Å². The lowest BCUT2D eigenvalue weighted by Gasteiger charge is -2.25. The monoisotopic (exact) mass is 418 g/mol. The van der Waals surface area contributed by atoms with Gasteiger partial charge in [-0.1, -0.05) is 54.6 Å². The number of rotatable bonds is 6. The van der Waals surface area contributed by atoms with E-state index in [1.165, 1.54) is 19.3 Å². The zero-order valence-corrected chi connectivity index (χ0v) is 16.9. The molecule has 3 aromatic rings. The summed E-state index contributed by atoms with van der Waals surface area (Å²) in [6.45, 7) is 0.113. The number of aliphatic carboxylic acids is 1. The van der Waals surface area contributed by atoms with Crippen LogP contribution >= 0.6 is 0 Å². The zero-order valence-electron chi connectivity index (χ0n) is 16.9. The van der Waals surface area contributed by atoms with Gasteiger partial charge in [-0.2, -0.15) is 0 Å². The molecule has 7 nitrogen and oxygen atoms in total. The second-order valence-electron chi connectivity index (χ2n) is 7.53. The molecule has 1 atom stereocenters. The van der Waals surface area contributed by atoms with Crippen molar-refractivity contribution in [2.45, 2.75) is 18.4 Å². The SMILES string of the molecule is CN(C(=O)OCC1c2ccccc2-c2ccccc21)C(Cc1ccc(=O)[nH]c1)C(=O)O. The van der Waals surface area contributed by atoms with Crippen molar-refractivity contribution < 1.29 is 19.4 Å². The molecule has 158 valence electrons. The van der Waals surface area contributed by atoms with E-state index in [1.54, 1.807) is 6.07 Å². The molecular formula is C24H22N2O5. The normalized spacial score (nSPS) is 13.2. The van der Waals surface area contributed by atoms with Crippen molar-refractivity contribution in [3.05, 3.63) is 93.9 Å². The topological polar surface area (TPSA) is 99.7 Å². The summed E-state index contributed by atoms with van der Waals surface area (Å²) >= 11 is 0. The molecule has 0 spiro atoms. The summed E-state index contributed by atoms with van der Waals surface area (Å²) in [4.78, 5) is 39.3. The van der Waals surface area contributed by atoms with Gasteiger partial charge in [0, 0.05) is 31.6 Å². The Labute approximate surface area is 178 Å². The fourth-order valence-corrected chi connectivity index (χ4v) is 4.01. The van der Waals surface area contributed by atoms with E-state index in [9.17, 15) is 19.5 Å². The summed E-state index contributed by atoms with van der Waals surface area (Å²) < 4.78 is 5.56. The van der Waals surface area contributed by atoms with Gasteiger partial charge in [-0.3, -0.25) is 9.69 Å². The minimum Gasteiger partial charge on any atom is -0.480 e. The van der Waals surface area contributed by atoms with Crippen molar-refractivity contribution in [3.63, 3.8) is 0 Å². The summed E-state index contributed by atoms with van der Waals surface area (Å²) in [6, 6.07) is 17.7. The van der Waals surface area contributed by atoms with E-state index >= 15 is 0 Å². The Morgan fingerprint density at radius 1 is 1.03 bits per heavy atom. The van der Waals surface area contributed by atoms with Crippen LogP contribution < -0.4 is 5.56 Å². The Kier molecular flexibility index (Phi) is 5.58. The average Bonchev–Trinajstić information content (AvgIpc) is 3.10. The molecule has 2 aromatic carbocycles. The van der Waals surface area contributed by atoms with Crippen LogP contribution in [0.15, 0.2) is 71.7 Å². The first-order valence-electron chi connectivity index (χ1n) is 9.94. The first-order chi connectivity index (χ1) is 15.0. The van der Waals surface area contributed by atoms with Crippen LogP contribution in [0.3, 0.4) is 0 Å². The van der Waals surface area contributed by atoms with Gasteiger partial charge >= 0.3 is 12.1 Å². The standard InChI is InChI=1S/C24H22N2O5/c1-26(21(23(28)29)12-15-10-11-22(27)25-13-15)24(30)31-14-20-18-8-4-2-6-16(18)17-7-3-5-9-19(17)20/h2-11,13,20-21H,12,14H2,1H3,(H,25,27)(H,28,29). The summed E-state index contributed by atoms with van der Waals surface area (Å²) in [5.74, 6) is -1.26. The van der Waals surface area contributed by atoms with Crippen molar-refractivity contribution in [2.75, 3.05) is 13.7 Å². The van der Waals surface area contributed by atoms with E-state index in [1.807, 2.05) is 48.5 Å². The van der Waals surface area contributed by atoms with Gasteiger partial charge < -0.3 is 14.8 Å². The van der Waals surface area contributed by atoms with E-state index in [0.717, 1.165) is 27.2 Å². The largest absolute Gasteiger partial charge is 0.480 e. The number of nitrogens with zero attached hydrogens (tertiary/aromatic N) is 1. The number of H-pyrrole nitrogens is 1. The van der Waals surface area contributed by atoms with E-state index in [2.05, 4.69) is 4.98 Å². The molecule has 1 aliphatic carbocycles. The number of likely N-dealkylation sites (N-methyl/N-ethyl adjacent to an activating group) is 1. The molecule has 0 fully saturated rings. The number of aromatic amines is 1. The van der Waals surface area contributed by atoms with Crippen molar-refractivity contribution in [1.82, 2.24) is 9.88 Å². The third-order valence-corrected chi connectivity index (χ3v) is 5.65. The van der Waals surface area contributed by atoms with Gasteiger partial charge in [-0.25, -0.2) is 9.59 Å². The third kappa shape index (κ3) is 4.07. The number of pyridine rings is 1. The molecular weight excluding hydrogens is 396 g/mol. The molecule has 0 saturated carbocycles. The Hall–Kier alpha value is -3.87. The number of aromatic nitrogens is 1. The number of carboxylic acids is 1. The van der Waals surface area contributed by atoms with E-state index < -0.39 is 18.1 Å². The van der Waals surface area contributed by atoms with Crippen molar-refractivity contribution in [2.24, 2.45) is 0 Å². The molecule has 1 aliphatic rings. The Balaban J connectivity index is 1.48. The van der Waals surface area contributed by atoms with Crippen LogP contribution in [0.1, 0.15) is 22.6 Å². The first kappa shape index (κ1) is 20.4. The Morgan fingerprint density at radius 3 is 2.19 bits per heavy atom. The number of amides is 1. The fourth-order valence-electron chi connectivity index (χ4n) is 4.01. The highest BCUT2D eigenvalue weighted by atomic mass is 16.6. The van der Waals surface area contributed by atoms with Crippen molar-refractivity contribution >= 4 is 12.1 Å². The highest BCUT2D eigenvalue weighted by Crippen LogP contribution is 2.44. The van der Waals surface area contributed by atoms with Crippen LogP contribution in [0.5, 0.6) is 0 Å². The predicted molar refractivity (Wildman–Crippen MR) is 115 cm³/mol. The number of carbonyl (C=O) groups is 2. The number of carboxylic acid groups (broad SMARTS) is 1. The van der Waals surface area contributed by atoms with Gasteiger partial charge in [0.1, 0.15) is 12.6 Å². The van der Waals surface area contributed by atoms with E-state index in [4.69, 9.17) is 4.74 Å². The average molecular weight is 418 g/mol. The van der Waals surface area contributed by atoms with Crippen LogP contribution in [0, 0.1) is 0 Å². The number of hydrogen-bond acceptors (Lipinski definition) is 4. The molecule has 0 saturated heterocycles. The number of benzene rings is 2. The molecule has 1 unspecified atom stereocenters. The maximum Gasteiger partial charge on any atom is 0.410 e. The molecule has 2 N–H and O–H groups in total. The molecule has 0 aliphatic heterocycles. The fraction of sp³-hybridized carbons (Fsp3) is 0.208. The third-order valence-electron chi connectivity index (χ3n) is 5.65. The number of carbonyl (C=O) groups excluding carboxylic acids is 1. The maximum absolute atomic E-state index is 12.7. The van der Waals surface area contributed by atoms with Gasteiger partial charge in [-0.05, 0) is 27.8 Å². The quantitative estimate of drug-likeness (QED) is 0.640. The van der Waals surface area contributed by atoms with Crippen molar-refractivity contribution in [3.8, 4) is 11.1 Å². The van der Waals surface area contributed by atoms with Crippen LogP contribution in [0.4, 0.5) is 4.79 Å². The van der Waals surface area contributed by atoms with Crippen LogP contribution in [0.25, 0.3) is 11.1 Å². The lowest BCUT2D eigenvalue weighted by Crippen LogP contribution is -2.44. The molecule has 31 heavy (non-hydrogen) atoms. The summed E-state index contributed by atoms with van der Waals surface area (Å²) in [7, 11) is 1.41. The van der Waals surface area contributed by atoms with Crippen molar-refractivity contribution in [1.29, 1.82) is 0 Å². The number of nitrogens with one attached hydrogen (secondary N) is 1. The second-order valence-corrected chi connectivity index (χ2v) is 7.53. The molecule has 1 heterocycles. The summed E-state index contributed by atoms with van der Waals surface area (Å²) in [6.07, 6.45) is 0.787. The summed E-state index contributed by atoms with van der Waals surface area (Å²) in [5.41, 5.74) is 4.73. The van der Waals surface area contributed by atoms with Gasteiger partial charge in [-0.15, -0.1) is 0 Å². The molecule has 0 bridgehead atoms. The lowest BCUT2D eigenvalue weighted by molar-refractivity contribution is -0.142. The second kappa shape index (κ2) is 8.47. The number of ether oxygens (including phenoxy) is 1. The van der Waals surface area contributed by atoms with Crippen LogP contribution in [0.2, 0.25) is 0 Å². The maximum atomic E-state index is 12.7. The van der Waals surface area contributed by atoms with E-state index in [-0.39, 0.29) is 24.5 Å². The molecule has 1 amide bonds. The molecule has 0 radical (unpaired) electrons. The number of fused-ring (bicyclic) bond motifs is 3. The first-order valence-corrected chi connectivity index (χ1v) is 9.94. The minimum absolute atomic E-state index is 0.0484.